The number of hydrogen-bond acceptors (Lipinski definition) is 3. The maximum atomic E-state index is 12.3. The quantitative estimate of drug-likeness (QED) is 0.859. The molecule has 0 spiro atoms. The van der Waals surface area contributed by atoms with Crippen LogP contribution in [0.3, 0.4) is 0 Å². The van der Waals surface area contributed by atoms with Crippen LogP contribution in [0.15, 0.2) is 18.2 Å². The lowest BCUT2D eigenvalue weighted by Gasteiger charge is -2.21. The molecule has 1 atom stereocenters. The third-order valence-electron chi connectivity index (χ3n) is 2.94. The number of carbonyl (C=O) groups excluding carboxylic acids is 2. The van der Waals surface area contributed by atoms with Crippen LogP contribution in [0, 0.1) is 13.8 Å². The second-order valence-electron chi connectivity index (χ2n) is 6.49. The third kappa shape index (κ3) is 5.98. The van der Waals surface area contributed by atoms with Crippen LogP contribution in [0.1, 0.15) is 55.6 Å². The molecule has 1 aromatic rings. The predicted octanol–water partition coefficient (Wildman–Crippen LogP) is 3.79. The van der Waals surface area contributed by atoms with Crippen molar-refractivity contribution in [2.24, 2.45) is 0 Å². The summed E-state index contributed by atoms with van der Waals surface area (Å²) in [7, 11) is 0. The lowest BCUT2D eigenvalue weighted by atomic mass is 9.98. The zero-order valence-corrected chi connectivity index (χ0v) is 13.7. The maximum absolute atomic E-state index is 12.3. The predicted molar refractivity (Wildman–Crippen MR) is 83.7 cm³/mol. The Hall–Kier alpha value is -1.84. The molecule has 4 nitrogen and oxygen atoms in total. The Kier molecular flexibility index (Phi) is 5.53. The van der Waals surface area contributed by atoms with Gasteiger partial charge < -0.3 is 10.1 Å². The average molecular weight is 291 g/mol. The lowest BCUT2D eigenvalue weighted by Crippen LogP contribution is -2.38. The average Bonchev–Trinajstić information content (AvgIpc) is 2.24. The van der Waals surface area contributed by atoms with Gasteiger partial charge in [0.05, 0.1) is 0 Å². The van der Waals surface area contributed by atoms with E-state index >= 15 is 0 Å². The van der Waals surface area contributed by atoms with Crippen LogP contribution in [0.25, 0.3) is 0 Å². The summed E-state index contributed by atoms with van der Waals surface area (Å²) in [4.78, 5) is 23.9. The number of ether oxygens (including phenoxy) is 1. The summed E-state index contributed by atoms with van der Waals surface area (Å²) in [5.74, 6) is 0.0241. The zero-order valence-electron chi connectivity index (χ0n) is 13.7. The van der Waals surface area contributed by atoms with E-state index in [0.29, 0.717) is 5.56 Å². The van der Waals surface area contributed by atoms with Crippen LogP contribution < -0.4 is 5.32 Å². The highest BCUT2D eigenvalue weighted by Crippen LogP contribution is 2.14. The highest BCUT2D eigenvalue weighted by Gasteiger charge is 2.19. The lowest BCUT2D eigenvalue weighted by molar-refractivity contribution is 0.0506. The molecule has 21 heavy (non-hydrogen) atoms. The largest absolute Gasteiger partial charge is 0.444 e. The normalized spacial score (nSPS) is 12.7. The van der Waals surface area contributed by atoms with Crippen molar-refractivity contribution in [2.45, 2.75) is 59.6 Å². The summed E-state index contributed by atoms with van der Waals surface area (Å²) in [6.45, 7) is 11.1. The first-order valence-corrected chi connectivity index (χ1v) is 7.18. The first kappa shape index (κ1) is 17.2. The zero-order chi connectivity index (χ0) is 16.2. The fourth-order valence-corrected chi connectivity index (χ4v) is 2.07. The monoisotopic (exact) mass is 291 g/mol. The van der Waals surface area contributed by atoms with Gasteiger partial charge in [0.25, 0.3) is 0 Å². The molecule has 116 valence electrons. The molecule has 1 amide bonds. The number of carbonyl (C=O) groups is 2. The molecule has 0 bridgehead atoms. The summed E-state index contributed by atoms with van der Waals surface area (Å²) in [5.41, 5.74) is 2.26. The van der Waals surface area contributed by atoms with E-state index < -0.39 is 11.7 Å². The number of amides is 1. The van der Waals surface area contributed by atoms with Crippen molar-refractivity contribution in [1.29, 1.82) is 0 Å². The summed E-state index contributed by atoms with van der Waals surface area (Å²) in [6.07, 6.45) is -0.244. The van der Waals surface area contributed by atoms with Crippen molar-refractivity contribution < 1.29 is 14.3 Å². The van der Waals surface area contributed by atoms with Gasteiger partial charge in [-0.3, -0.25) is 4.79 Å². The Morgan fingerprint density at radius 2 is 1.86 bits per heavy atom. The number of nitrogens with one attached hydrogen (secondary N) is 1. The second-order valence-corrected chi connectivity index (χ2v) is 6.49. The van der Waals surface area contributed by atoms with Crippen molar-refractivity contribution >= 4 is 11.9 Å². The molecule has 1 aromatic carbocycles. The highest BCUT2D eigenvalue weighted by molar-refractivity contribution is 5.98. The van der Waals surface area contributed by atoms with E-state index in [4.69, 9.17) is 4.74 Å². The summed E-state index contributed by atoms with van der Waals surface area (Å²) < 4.78 is 5.17. The van der Waals surface area contributed by atoms with Crippen molar-refractivity contribution in [3.05, 3.63) is 34.9 Å². The Morgan fingerprint density at radius 1 is 1.24 bits per heavy atom. The molecule has 0 heterocycles. The van der Waals surface area contributed by atoms with Gasteiger partial charge in [0.1, 0.15) is 5.60 Å². The standard InChI is InChI=1S/C17H25NO3/c1-11-7-8-14(12(2)9-11)15(19)10-13(3)18-16(20)21-17(4,5)6/h7-9,13H,10H2,1-6H3,(H,18,20). The molecule has 4 heteroatoms. The minimum Gasteiger partial charge on any atom is -0.444 e. The van der Waals surface area contributed by atoms with Gasteiger partial charge in [0, 0.05) is 18.0 Å². The van der Waals surface area contributed by atoms with Crippen LogP contribution in [-0.4, -0.2) is 23.5 Å². The minimum atomic E-state index is -0.540. The summed E-state index contributed by atoms with van der Waals surface area (Å²) in [6, 6.07) is 5.48. The fourth-order valence-electron chi connectivity index (χ4n) is 2.07. The van der Waals surface area contributed by atoms with E-state index in [1.807, 2.05) is 32.0 Å². The van der Waals surface area contributed by atoms with E-state index in [1.54, 1.807) is 27.7 Å². The van der Waals surface area contributed by atoms with Crippen LogP contribution >= 0.6 is 0 Å². The van der Waals surface area contributed by atoms with E-state index in [-0.39, 0.29) is 18.2 Å². The van der Waals surface area contributed by atoms with Crippen LogP contribution in [0.4, 0.5) is 4.79 Å². The second kappa shape index (κ2) is 6.74. The molecule has 1 N–H and O–H groups in total. The molecular formula is C17H25NO3. The first-order chi connectivity index (χ1) is 9.58. The molecule has 0 saturated carbocycles. The number of rotatable bonds is 4. The van der Waals surface area contributed by atoms with E-state index in [1.165, 1.54) is 0 Å². The Bertz CT molecular complexity index is 529. The number of hydrogen-bond donors (Lipinski definition) is 1. The molecule has 0 aliphatic heterocycles. The smallest absolute Gasteiger partial charge is 0.407 e. The Balaban J connectivity index is 2.60. The molecule has 1 rings (SSSR count). The van der Waals surface area contributed by atoms with Crippen molar-refractivity contribution in [3.8, 4) is 0 Å². The van der Waals surface area contributed by atoms with Gasteiger partial charge in [-0.15, -0.1) is 0 Å². The topological polar surface area (TPSA) is 55.4 Å². The van der Waals surface area contributed by atoms with Crippen LogP contribution in [-0.2, 0) is 4.74 Å². The number of Topliss-reactive ketones (excluding diaryl/α,β-unsaturated/α-hetero) is 1. The molecule has 0 radical (unpaired) electrons. The molecule has 0 aliphatic rings. The first-order valence-electron chi connectivity index (χ1n) is 7.18. The summed E-state index contributed by atoms with van der Waals surface area (Å²) >= 11 is 0. The van der Waals surface area contributed by atoms with E-state index in [2.05, 4.69) is 5.32 Å². The van der Waals surface area contributed by atoms with Crippen molar-refractivity contribution in [2.75, 3.05) is 0 Å². The van der Waals surface area contributed by atoms with Gasteiger partial charge in [-0.05, 0) is 47.1 Å². The van der Waals surface area contributed by atoms with Crippen LogP contribution in [0.2, 0.25) is 0 Å². The number of alkyl carbamates (subject to hydrolysis) is 1. The molecule has 0 fully saturated rings. The van der Waals surface area contributed by atoms with Crippen LogP contribution in [0.5, 0.6) is 0 Å². The maximum Gasteiger partial charge on any atom is 0.407 e. The van der Waals surface area contributed by atoms with E-state index in [0.717, 1.165) is 11.1 Å². The molecule has 0 aromatic heterocycles. The van der Waals surface area contributed by atoms with Crippen molar-refractivity contribution in [1.82, 2.24) is 5.32 Å². The third-order valence-corrected chi connectivity index (χ3v) is 2.94. The van der Waals surface area contributed by atoms with Gasteiger partial charge >= 0.3 is 6.09 Å². The highest BCUT2D eigenvalue weighted by atomic mass is 16.6. The van der Waals surface area contributed by atoms with Gasteiger partial charge in [0.15, 0.2) is 5.78 Å². The SMILES string of the molecule is Cc1ccc(C(=O)CC(C)NC(=O)OC(C)(C)C)c(C)c1. The molecule has 0 aliphatic carbocycles. The molecule has 1 unspecified atom stereocenters. The Labute approximate surface area is 126 Å². The summed E-state index contributed by atoms with van der Waals surface area (Å²) in [5, 5.41) is 2.69. The van der Waals surface area contributed by atoms with E-state index in [9.17, 15) is 9.59 Å². The van der Waals surface area contributed by atoms with Gasteiger partial charge in [-0.2, -0.15) is 0 Å². The number of aryl methyl sites for hydroxylation is 2. The van der Waals surface area contributed by atoms with Gasteiger partial charge in [-0.25, -0.2) is 4.79 Å². The minimum absolute atomic E-state index is 0.0241. The Morgan fingerprint density at radius 3 is 2.38 bits per heavy atom. The molecule has 0 saturated heterocycles. The van der Waals surface area contributed by atoms with Gasteiger partial charge in [0.2, 0.25) is 0 Å². The fraction of sp³-hybridized carbons (Fsp3) is 0.529. The molecular weight excluding hydrogens is 266 g/mol. The number of ketones is 1. The number of benzene rings is 1. The van der Waals surface area contributed by atoms with Crippen molar-refractivity contribution in [3.63, 3.8) is 0 Å². The van der Waals surface area contributed by atoms with Gasteiger partial charge in [-0.1, -0.05) is 23.8 Å².